The monoisotopic (exact) mass is 857 g/mol. The van der Waals surface area contributed by atoms with E-state index in [4.69, 9.17) is 0 Å². The molecule has 0 bridgehead atoms. The summed E-state index contributed by atoms with van der Waals surface area (Å²) in [6.45, 7) is 20.8. The first-order chi connectivity index (χ1) is 25.3. The van der Waals surface area contributed by atoms with Crippen LogP contribution < -0.4 is 0 Å². The van der Waals surface area contributed by atoms with Gasteiger partial charge in [0.25, 0.3) is 0 Å². The number of rotatable bonds is 36. The number of carbonyl (C=O) groups is 2. The zero-order valence-electron chi connectivity index (χ0n) is 37.2. The summed E-state index contributed by atoms with van der Waals surface area (Å²) in [5.41, 5.74) is 0. The van der Waals surface area contributed by atoms with Gasteiger partial charge in [0, 0.05) is 23.9 Å². The molecule has 0 aliphatic carbocycles. The van der Waals surface area contributed by atoms with Crippen molar-refractivity contribution in [2.75, 3.05) is 0 Å². The fourth-order valence-electron chi connectivity index (χ4n) is 6.30. The Kier molecular flexibility index (Phi) is 68.3. The minimum Gasteiger partial charge on any atom is -0.247 e. The van der Waals surface area contributed by atoms with E-state index in [9.17, 15) is 19.8 Å². The van der Waals surface area contributed by atoms with Crippen LogP contribution >= 0.6 is 0 Å². The molecule has 0 aromatic heterocycles. The van der Waals surface area contributed by atoms with Gasteiger partial charge in [-0.3, -0.25) is 0 Å². The molecule has 0 heterocycles. The maximum atomic E-state index is 11.0. The number of hydrogen-bond donors (Lipinski definition) is 0. The summed E-state index contributed by atoms with van der Waals surface area (Å²) in [7, 11) is 0. The second-order valence-corrected chi connectivity index (χ2v) is 15.4. The van der Waals surface area contributed by atoms with Crippen LogP contribution in [-0.4, -0.2) is 35.8 Å². The van der Waals surface area contributed by atoms with Gasteiger partial charge in [0.15, 0.2) is 0 Å². The van der Waals surface area contributed by atoms with Crippen molar-refractivity contribution in [2.24, 2.45) is 11.8 Å². The predicted octanol–water partition coefficient (Wildman–Crippen LogP) is 16.5. The average Bonchev–Trinajstić information content (AvgIpc) is 3.14. The molecular weight excluding hydrogens is 759 g/mol. The minimum absolute atomic E-state index is 0. The van der Waals surface area contributed by atoms with E-state index in [1.165, 1.54) is 154 Å². The van der Waals surface area contributed by atoms with Crippen LogP contribution in [0.2, 0.25) is 0 Å². The summed E-state index contributed by atoms with van der Waals surface area (Å²) >= 11 is 0. The molecule has 2 unspecified atom stereocenters. The van der Waals surface area contributed by atoms with Crippen LogP contribution in [0.4, 0.5) is 0 Å². The van der Waals surface area contributed by atoms with E-state index >= 15 is 0 Å². The van der Waals surface area contributed by atoms with Crippen LogP contribution in [0.25, 0.3) is 0 Å². The van der Waals surface area contributed by atoms with Crippen molar-refractivity contribution in [1.82, 2.24) is 0 Å². The zero-order chi connectivity index (χ0) is 39.8. The van der Waals surface area contributed by atoms with E-state index in [-0.39, 0.29) is 35.7 Å². The van der Waals surface area contributed by atoms with Crippen LogP contribution in [0.3, 0.4) is 0 Å². The van der Waals surface area contributed by atoms with E-state index < -0.39 is 11.9 Å². The Hall–Kier alpha value is -0.261. The number of carbonyl (C=O) groups excluding carboxylic acids is 2. The molecule has 2 atom stereocenters. The van der Waals surface area contributed by atoms with Gasteiger partial charge in [-0.2, -0.15) is 0 Å². The standard InChI is InChI=1S/2C16H31O2.2C8H17.Sn/c2*1-3-5-7-9-10-12-14-15(16(17)18)13-11-8-6-4-2;2*1-3-5-7-8-6-4-2;/h2*15H,3-14H2,1-2H3;2*1,3-8H2,2H3;. The maximum absolute atomic E-state index is 11.0. The van der Waals surface area contributed by atoms with Crippen molar-refractivity contribution >= 4 is 35.8 Å². The van der Waals surface area contributed by atoms with Crippen molar-refractivity contribution < 1.29 is 19.8 Å². The van der Waals surface area contributed by atoms with Gasteiger partial charge in [-0.15, -0.1) is 0 Å². The Labute approximate surface area is 352 Å². The topological polar surface area (TPSA) is 73.9 Å². The van der Waals surface area contributed by atoms with Crippen molar-refractivity contribution in [1.29, 1.82) is 0 Å². The molecule has 0 saturated carbocycles. The summed E-state index contributed by atoms with van der Waals surface area (Å²) in [6.07, 6.45) is 43.2. The van der Waals surface area contributed by atoms with Crippen molar-refractivity contribution in [3.8, 4) is 0 Å². The first-order valence-electron chi connectivity index (χ1n) is 23.3. The van der Waals surface area contributed by atoms with E-state index in [1.54, 1.807) is 0 Å². The van der Waals surface area contributed by atoms with Crippen LogP contribution in [0.15, 0.2) is 0 Å². The third-order valence-corrected chi connectivity index (χ3v) is 10.00. The molecule has 8 radical (unpaired) electrons. The molecule has 5 heteroatoms. The Morgan fingerprint density at radius 2 is 0.491 bits per heavy atom. The van der Waals surface area contributed by atoms with E-state index in [0.29, 0.717) is 0 Å². The van der Waals surface area contributed by atoms with Gasteiger partial charge < -0.3 is 0 Å². The molecule has 0 aliphatic rings. The van der Waals surface area contributed by atoms with Crippen molar-refractivity contribution in [3.63, 3.8) is 0 Å². The first-order valence-corrected chi connectivity index (χ1v) is 23.3. The van der Waals surface area contributed by atoms with Gasteiger partial charge in [-0.25, -0.2) is 19.8 Å². The van der Waals surface area contributed by atoms with Crippen LogP contribution in [0, 0.1) is 25.7 Å². The molecule has 0 rings (SSSR count). The second kappa shape index (κ2) is 58.4. The molecule has 0 amide bonds. The third-order valence-electron chi connectivity index (χ3n) is 10.00. The molecule has 0 aromatic carbocycles. The third kappa shape index (κ3) is 61.2. The summed E-state index contributed by atoms with van der Waals surface area (Å²) in [5, 5.41) is 22.0. The molecule has 0 aliphatic heterocycles. The van der Waals surface area contributed by atoms with Gasteiger partial charge in [0.2, 0.25) is 0 Å². The Morgan fingerprint density at radius 1 is 0.321 bits per heavy atom. The quantitative estimate of drug-likeness (QED) is 0.0465. The van der Waals surface area contributed by atoms with Gasteiger partial charge in [-0.05, 0) is 25.7 Å². The van der Waals surface area contributed by atoms with Gasteiger partial charge in [-0.1, -0.05) is 261 Å². The molecule has 0 saturated heterocycles. The Balaban J connectivity index is -0.000000205. The minimum atomic E-state index is -0.833. The predicted molar refractivity (Wildman–Crippen MR) is 235 cm³/mol. The Morgan fingerprint density at radius 3 is 0.679 bits per heavy atom. The Bertz CT molecular complexity index is 575. The largest absolute Gasteiger partial charge is 0.358 e. The number of hydrogen-bond acceptors (Lipinski definition) is 2. The summed E-state index contributed by atoms with van der Waals surface area (Å²) in [5.74, 6) is -2.07. The van der Waals surface area contributed by atoms with Crippen LogP contribution in [0.5, 0.6) is 0 Å². The van der Waals surface area contributed by atoms with Gasteiger partial charge in [0.05, 0.1) is 11.8 Å². The molecule has 0 spiro atoms. The molecular formula is C48H96O4Sn. The van der Waals surface area contributed by atoms with Gasteiger partial charge >= 0.3 is 11.9 Å². The molecule has 0 N–H and O–H groups in total. The molecule has 53 heavy (non-hydrogen) atoms. The van der Waals surface area contributed by atoms with Gasteiger partial charge in [0.1, 0.15) is 0 Å². The van der Waals surface area contributed by atoms with E-state index in [0.717, 1.165) is 77.0 Å². The fraction of sp³-hybridized carbons (Fsp3) is 0.917. The SMILES string of the molecule is CCCCCCCCC(CCCCCC)C([O])=O.CCCCCCCCC(CCCCCC)C([O])=O.[CH2]CCCCCCC.[CH2]CCCCCCC.[Sn]. The fourth-order valence-corrected chi connectivity index (χ4v) is 6.30. The average molecular weight is 856 g/mol. The first kappa shape index (κ1) is 61.9. The van der Waals surface area contributed by atoms with E-state index in [1.807, 2.05) is 0 Å². The summed E-state index contributed by atoms with van der Waals surface area (Å²) in [4.78, 5) is 22.0. The maximum Gasteiger partial charge on any atom is 0.358 e. The van der Waals surface area contributed by atoms with E-state index in [2.05, 4.69) is 55.4 Å². The van der Waals surface area contributed by atoms with Crippen molar-refractivity contribution in [2.45, 2.75) is 273 Å². The smallest absolute Gasteiger partial charge is 0.247 e. The second-order valence-electron chi connectivity index (χ2n) is 15.4. The normalized spacial score (nSPS) is 11.5. The summed E-state index contributed by atoms with van der Waals surface area (Å²) < 4.78 is 0. The number of unbranched alkanes of at least 4 members (excludes halogenated alkanes) is 26. The van der Waals surface area contributed by atoms with Crippen molar-refractivity contribution in [3.05, 3.63) is 13.8 Å². The molecule has 4 nitrogen and oxygen atoms in total. The van der Waals surface area contributed by atoms with Crippen LogP contribution in [0.1, 0.15) is 273 Å². The molecule has 0 fully saturated rings. The van der Waals surface area contributed by atoms with Crippen LogP contribution in [-0.2, 0) is 19.8 Å². The zero-order valence-corrected chi connectivity index (χ0v) is 40.0. The summed E-state index contributed by atoms with van der Waals surface area (Å²) in [6, 6.07) is 0. The molecule has 316 valence electrons. The molecule has 0 aromatic rings.